The van der Waals surface area contributed by atoms with Gasteiger partial charge in [-0.15, -0.1) is 0 Å². The second-order valence-corrected chi connectivity index (χ2v) is 2.63. The Morgan fingerprint density at radius 3 is 1.33 bits per heavy atom. The lowest BCUT2D eigenvalue weighted by Gasteiger charge is -2.02. The van der Waals surface area contributed by atoms with Gasteiger partial charge in [0, 0.05) is 12.1 Å². The molecule has 0 radical (unpaired) electrons. The van der Waals surface area contributed by atoms with Gasteiger partial charge >= 0.3 is 11.9 Å². The maximum atomic E-state index is 11.1. The molecule has 0 aliphatic carbocycles. The number of aromatic amines is 1. The van der Waals surface area contributed by atoms with Crippen molar-refractivity contribution < 1.29 is 19.1 Å². The number of pyridine rings is 1. The molecule has 0 unspecified atom stereocenters. The van der Waals surface area contributed by atoms with E-state index >= 15 is 0 Å². The van der Waals surface area contributed by atoms with Crippen LogP contribution in [0.4, 0.5) is 0 Å². The number of rotatable bonds is 2. The molecule has 1 N–H and O–H groups in total. The molecule has 0 amide bonds. The number of aromatic nitrogens is 1. The average Bonchev–Trinajstić information content (AvgIpc) is 2.58. The molecule has 122 valence electrons. The molecule has 1 aromatic heterocycles. The molecule has 0 aromatic carbocycles. The summed E-state index contributed by atoms with van der Waals surface area (Å²) in [6, 6.07) is 2.08. The van der Waals surface area contributed by atoms with E-state index in [1.807, 2.05) is 41.5 Å². The van der Waals surface area contributed by atoms with Gasteiger partial charge < -0.3 is 14.5 Å². The molecule has 1 aromatic rings. The van der Waals surface area contributed by atoms with Gasteiger partial charge in [-0.2, -0.15) is 0 Å². The lowest BCUT2D eigenvalue weighted by molar-refractivity contribution is 0.0585. The number of methoxy groups -OCH3 is 2. The van der Waals surface area contributed by atoms with Crippen LogP contribution in [0, 0.1) is 0 Å². The van der Waals surface area contributed by atoms with Gasteiger partial charge in [-0.1, -0.05) is 41.5 Å². The van der Waals surface area contributed by atoms with E-state index in [1.165, 1.54) is 14.2 Å². The van der Waals surface area contributed by atoms with Crippen LogP contribution in [0.25, 0.3) is 0 Å². The van der Waals surface area contributed by atoms with Crippen molar-refractivity contribution >= 4 is 11.9 Å². The normalized spacial score (nSPS) is 7.62. The number of hydrogen-bond acceptors (Lipinski definition) is 5. The number of carbonyl (C=O) groups is 2. The second-order valence-electron chi connectivity index (χ2n) is 2.63. The zero-order valence-electron chi connectivity index (χ0n) is 14.2. The van der Waals surface area contributed by atoms with Crippen LogP contribution in [0.2, 0.25) is 0 Å². The first kappa shape index (κ1) is 23.9. The molecule has 6 nitrogen and oxygen atoms in total. The Labute approximate surface area is 126 Å². The summed E-state index contributed by atoms with van der Waals surface area (Å²) in [5.74, 6) is -1.45. The molecule has 0 aliphatic rings. The SMILES string of the molecule is CC.CC.CC.COC(=O)c1cc(=O)cc(C(=O)OC)[nH]1. The molecule has 1 heterocycles. The number of carbonyl (C=O) groups excluding carboxylic acids is 2. The van der Waals surface area contributed by atoms with Crippen LogP contribution < -0.4 is 5.43 Å². The third-order valence-corrected chi connectivity index (χ3v) is 1.65. The van der Waals surface area contributed by atoms with Crippen molar-refractivity contribution in [3.05, 3.63) is 33.7 Å². The summed E-state index contributed by atoms with van der Waals surface area (Å²) in [6.07, 6.45) is 0. The molecule has 0 saturated heterocycles. The van der Waals surface area contributed by atoms with E-state index in [9.17, 15) is 14.4 Å². The van der Waals surface area contributed by atoms with Crippen LogP contribution in [0.5, 0.6) is 0 Å². The van der Waals surface area contributed by atoms with Crippen LogP contribution in [-0.2, 0) is 9.47 Å². The summed E-state index contributed by atoms with van der Waals surface area (Å²) in [5.41, 5.74) is -0.662. The van der Waals surface area contributed by atoms with E-state index in [0.717, 1.165) is 12.1 Å². The number of esters is 2. The van der Waals surface area contributed by atoms with Crippen molar-refractivity contribution in [1.29, 1.82) is 0 Å². The van der Waals surface area contributed by atoms with E-state index in [0.29, 0.717) is 0 Å². The highest BCUT2D eigenvalue weighted by Crippen LogP contribution is 1.98. The first-order valence-electron chi connectivity index (χ1n) is 6.99. The van der Waals surface area contributed by atoms with E-state index in [1.54, 1.807) is 0 Å². The van der Waals surface area contributed by atoms with Crippen LogP contribution in [0.3, 0.4) is 0 Å². The van der Waals surface area contributed by atoms with E-state index in [2.05, 4.69) is 14.5 Å². The van der Waals surface area contributed by atoms with Gasteiger partial charge in [0.1, 0.15) is 11.4 Å². The van der Waals surface area contributed by atoms with E-state index in [4.69, 9.17) is 0 Å². The summed E-state index contributed by atoms with van der Waals surface area (Å²) in [4.78, 5) is 35.7. The molecular weight excluding hydrogens is 274 g/mol. The van der Waals surface area contributed by atoms with Crippen LogP contribution in [-0.4, -0.2) is 31.1 Å². The monoisotopic (exact) mass is 301 g/mol. The minimum absolute atomic E-state index is 0.0922. The third-order valence-electron chi connectivity index (χ3n) is 1.65. The standard InChI is InChI=1S/C9H9NO5.3C2H6/c1-14-8(12)6-3-5(11)4-7(10-6)9(13)15-2;3*1-2/h3-4H,1-2H3,(H,10,11);3*1-2H3. The molecular formula is C15H27NO5. The fourth-order valence-electron chi connectivity index (χ4n) is 0.983. The Kier molecular flexibility index (Phi) is 18.2. The summed E-state index contributed by atoms with van der Waals surface area (Å²) in [7, 11) is 2.34. The van der Waals surface area contributed by atoms with Gasteiger partial charge in [0.05, 0.1) is 14.2 Å². The topological polar surface area (TPSA) is 85.5 Å². The van der Waals surface area contributed by atoms with Crippen molar-refractivity contribution in [3.63, 3.8) is 0 Å². The predicted octanol–water partition coefficient (Wildman–Crippen LogP) is 3.03. The Balaban J connectivity index is -0.000000478. The van der Waals surface area contributed by atoms with Crippen LogP contribution in [0.15, 0.2) is 16.9 Å². The van der Waals surface area contributed by atoms with Crippen LogP contribution >= 0.6 is 0 Å². The highest BCUT2D eigenvalue weighted by Gasteiger charge is 2.12. The molecule has 6 heteroatoms. The van der Waals surface area contributed by atoms with E-state index < -0.39 is 17.4 Å². The van der Waals surface area contributed by atoms with Crippen molar-refractivity contribution in [2.45, 2.75) is 41.5 Å². The zero-order chi connectivity index (χ0) is 17.4. The minimum atomic E-state index is -0.724. The second kappa shape index (κ2) is 15.9. The Morgan fingerprint density at radius 1 is 0.810 bits per heavy atom. The Bertz CT molecular complexity index is 414. The van der Waals surface area contributed by atoms with Crippen molar-refractivity contribution in [2.24, 2.45) is 0 Å². The molecule has 0 atom stereocenters. The van der Waals surface area contributed by atoms with E-state index in [-0.39, 0.29) is 11.4 Å². The molecule has 0 spiro atoms. The maximum absolute atomic E-state index is 11.1. The van der Waals surface area contributed by atoms with Gasteiger partial charge in [0.25, 0.3) is 0 Å². The summed E-state index contributed by atoms with van der Waals surface area (Å²) < 4.78 is 8.80. The molecule has 0 aliphatic heterocycles. The zero-order valence-corrected chi connectivity index (χ0v) is 14.2. The Hall–Kier alpha value is -2.11. The predicted molar refractivity (Wildman–Crippen MR) is 83.8 cm³/mol. The Morgan fingerprint density at radius 2 is 1.10 bits per heavy atom. The number of nitrogens with one attached hydrogen (secondary N) is 1. The highest BCUT2D eigenvalue weighted by molar-refractivity contribution is 5.91. The number of hydrogen-bond donors (Lipinski definition) is 1. The fraction of sp³-hybridized carbons (Fsp3) is 0.533. The average molecular weight is 301 g/mol. The minimum Gasteiger partial charge on any atom is -0.464 e. The van der Waals surface area contributed by atoms with Gasteiger partial charge in [0.15, 0.2) is 5.43 Å². The molecule has 0 saturated carbocycles. The highest BCUT2D eigenvalue weighted by atomic mass is 16.5. The van der Waals surface area contributed by atoms with Crippen LogP contribution in [0.1, 0.15) is 62.5 Å². The molecule has 0 bridgehead atoms. The maximum Gasteiger partial charge on any atom is 0.354 e. The smallest absolute Gasteiger partial charge is 0.354 e. The van der Waals surface area contributed by atoms with Crippen molar-refractivity contribution in [1.82, 2.24) is 4.98 Å². The lowest BCUT2D eigenvalue weighted by Crippen LogP contribution is -2.16. The van der Waals surface area contributed by atoms with Gasteiger partial charge in [-0.3, -0.25) is 4.79 Å². The largest absolute Gasteiger partial charge is 0.464 e. The summed E-state index contributed by atoms with van der Waals surface area (Å²) in [6.45, 7) is 12.0. The lowest BCUT2D eigenvalue weighted by atomic mass is 10.3. The number of H-pyrrole nitrogens is 1. The van der Waals surface area contributed by atoms with Gasteiger partial charge in [0.2, 0.25) is 0 Å². The summed E-state index contributed by atoms with van der Waals surface area (Å²) >= 11 is 0. The third kappa shape index (κ3) is 9.43. The first-order chi connectivity index (χ1) is 10.1. The molecule has 21 heavy (non-hydrogen) atoms. The number of ether oxygens (including phenoxy) is 2. The first-order valence-corrected chi connectivity index (χ1v) is 6.99. The fourth-order valence-corrected chi connectivity index (χ4v) is 0.983. The molecule has 1 rings (SSSR count). The van der Waals surface area contributed by atoms with Crippen molar-refractivity contribution in [2.75, 3.05) is 14.2 Å². The van der Waals surface area contributed by atoms with Gasteiger partial charge in [-0.25, -0.2) is 9.59 Å². The molecule has 0 fully saturated rings. The van der Waals surface area contributed by atoms with Crippen molar-refractivity contribution in [3.8, 4) is 0 Å². The quantitative estimate of drug-likeness (QED) is 0.849. The summed E-state index contributed by atoms with van der Waals surface area (Å²) in [5, 5.41) is 0. The van der Waals surface area contributed by atoms with Gasteiger partial charge in [-0.05, 0) is 0 Å².